The molecule has 0 saturated carbocycles. The van der Waals surface area contributed by atoms with Gasteiger partial charge in [0.1, 0.15) is 5.82 Å². The Morgan fingerprint density at radius 1 is 1.12 bits per heavy atom. The van der Waals surface area contributed by atoms with Crippen molar-refractivity contribution in [1.82, 2.24) is 4.72 Å². The molecule has 0 aromatic heterocycles. The van der Waals surface area contributed by atoms with Crippen molar-refractivity contribution in [1.29, 1.82) is 0 Å². The number of benzene rings is 2. The van der Waals surface area contributed by atoms with Gasteiger partial charge in [0.2, 0.25) is 15.9 Å². The van der Waals surface area contributed by atoms with Crippen LogP contribution in [-0.4, -0.2) is 27.4 Å². The molecule has 0 saturated heterocycles. The Bertz CT molecular complexity index is 836. The van der Waals surface area contributed by atoms with Gasteiger partial charge in [0.15, 0.2) is 0 Å². The number of nitrogens with one attached hydrogen (secondary N) is 1. The van der Waals surface area contributed by atoms with Crippen LogP contribution in [0.1, 0.15) is 19.4 Å². The molecule has 7 heteroatoms. The van der Waals surface area contributed by atoms with E-state index in [1.54, 1.807) is 4.90 Å². The van der Waals surface area contributed by atoms with Gasteiger partial charge >= 0.3 is 0 Å². The number of rotatable bonds is 7. The first-order chi connectivity index (χ1) is 11.8. The molecule has 25 heavy (non-hydrogen) atoms. The van der Waals surface area contributed by atoms with E-state index in [4.69, 9.17) is 0 Å². The second-order valence-corrected chi connectivity index (χ2v) is 7.27. The summed E-state index contributed by atoms with van der Waals surface area (Å²) in [7, 11) is -3.75. The molecule has 1 N–H and O–H groups in total. The molecule has 0 radical (unpaired) electrons. The minimum absolute atomic E-state index is 0.0165. The molecule has 0 aliphatic heterocycles. The first-order valence-corrected chi connectivity index (χ1v) is 9.44. The molecule has 2 aromatic carbocycles. The lowest BCUT2D eigenvalue weighted by molar-refractivity contribution is -0.116. The number of aryl methyl sites for hydroxylation is 1. The number of hydrogen-bond acceptors (Lipinski definition) is 3. The summed E-state index contributed by atoms with van der Waals surface area (Å²) in [5.74, 6) is -0.667. The standard InChI is InChI=1S/C18H21FN2O3S/c1-3-15-6-4-5-7-18(15)21(14(2)22)13-12-20-25(23,24)17-10-8-16(19)9-11-17/h4-11,20H,3,12-13H2,1-2H3. The normalized spacial score (nSPS) is 11.3. The van der Waals surface area contributed by atoms with E-state index in [0.717, 1.165) is 29.8 Å². The Balaban J connectivity index is 2.09. The maximum atomic E-state index is 12.9. The van der Waals surface area contributed by atoms with Gasteiger partial charge in [0.05, 0.1) is 4.90 Å². The number of anilines is 1. The second-order valence-electron chi connectivity index (χ2n) is 5.50. The van der Waals surface area contributed by atoms with E-state index in [1.807, 2.05) is 31.2 Å². The van der Waals surface area contributed by atoms with Crippen molar-refractivity contribution in [2.75, 3.05) is 18.0 Å². The van der Waals surface area contributed by atoms with Crippen molar-refractivity contribution in [2.24, 2.45) is 0 Å². The maximum Gasteiger partial charge on any atom is 0.240 e. The number of carbonyl (C=O) groups excluding carboxylic acids is 1. The number of amides is 1. The van der Waals surface area contributed by atoms with Gasteiger partial charge < -0.3 is 4.90 Å². The number of carbonyl (C=O) groups is 1. The van der Waals surface area contributed by atoms with Crippen molar-refractivity contribution in [3.63, 3.8) is 0 Å². The molecule has 5 nitrogen and oxygen atoms in total. The van der Waals surface area contributed by atoms with Gasteiger partial charge in [-0.1, -0.05) is 25.1 Å². The number of sulfonamides is 1. The van der Waals surface area contributed by atoms with E-state index in [0.29, 0.717) is 0 Å². The SMILES string of the molecule is CCc1ccccc1N(CCNS(=O)(=O)c1ccc(F)cc1)C(C)=O. The van der Waals surface area contributed by atoms with E-state index in [2.05, 4.69) is 4.72 Å². The van der Waals surface area contributed by atoms with E-state index in [1.165, 1.54) is 19.1 Å². The first-order valence-electron chi connectivity index (χ1n) is 7.96. The topological polar surface area (TPSA) is 66.5 Å². The number of para-hydroxylation sites is 1. The first kappa shape index (κ1) is 19.1. The van der Waals surface area contributed by atoms with Gasteiger partial charge in [-0.2, -0.15) is 0 Å². The molecule has 0 aliphatic rings. The highest BCUT2D eigenvalue weighted by molar-refractivity contribution is 7.89. The van der Waals surface area contributed by atoms with Crippen LogP contribution in [0.2, 0.25) is 0 Å². The molecule has 2 aromatic rings. The van der Waals surface area contributed by atoms with Crippen molar-refractivity contribution in [2.45, 2.75) is 25.2 Å². The third-order valence-corrected chi connectivity index (χ3v) is 5.27. The van der Waals surface area contributed by atoms with Crippen LogP contribution in [0.25, 0.3) is 0 Å². The molecule has 0 atom stereocenters. The summed E-state index contributed by atoms with van der Waals surface area (Å²) in [6, 6.07) is 12.1. The van der Waals surface area contributed by atoms with Gasteiger partial charge in [-0.25, -0.2) is 17.5 Å². The number of halogens is 1. The predicted octanol–water partition coefficient (Wildman–Crippen LogP) is 2.72. The van der Waals surface area contributed by atoms with Gasteiger partial charge in [0.25, 0.3) is 0 Å². The lowest BCUT2D eigenvalue weighted by Crippen LogP contribution is -2.38. The molecule has 0 aliphatic carbocycles. The summed E-state index contributed by atoms with van der Waals surface area (Å²) in [4.78, 5) is 13.5. The van der Waals surface area contributed by atoms with E-state index in [9.17, 15) is 17.6 Å². The molecule has 134 valence electrons. The smallest absolute Gasteiger partial charge is 0.240 e. The van der Waals surface area contributed by atoms with Crippen LogP contribution in [0.15, 0.2) is 53.4 Å². The van der Waals surface area contributed by atoms with Crippen LogP contribution in [0.3, 0.4) is 0 Å². The monoisotopic (exact) mass is 364 g/mol. The van der Waals surface area contributed by atoms with Crippen molar-refractivity contribution in [3.05, 3.63) is 59.9 Å². The highest BCUT2D eigenvalue weighted by Gasteiger charge is 2.17. The van der Waals surface area contributed by atoms with Gasteiger partial charge in [0, 0.05) is 25.7 Å². The van der Waals surface area contributed by atoms with E-state index < -0.39 is 15.8 Å². The summed E-state index contributed by atoms with van der Waals surface area (Å²) in [5.41, 5.74) is 1.79. The highest BCUT2D eigenvalue weighted by Crippen LogP contribution is 2.21. The van der Waals surface area contributed by atoms with Gasteiger partial charge in [-0.3, -0.25) is 4.79 Å². The van der Waals surface area contributed by atoms with Gasteiger partial charge in [-0.15, -0.1) is 0 Å². The highest BCUT2D eigenvalue weighted by atomic mass is 32.2. The summed E-state index contributed by atoms with van der Waals surface area (Å²) in [5, 5.41) is 0. The van der Waals surface area contributed by atoms with Crippen LogP contribution >= 0.6 is 0 Å². The zero-order valence-electron chi connectivity index (χ0n) is 14.2. The van der Waals surface area contributed by atoms with Crippen LogP contribution in [0.5, 0.6) is 0 Å². The summed E-state index contributed by atoms with van der Waals surface area (Å²) < 4.78 is 39.8. The third kappa shape index (κ3) is 4.87. The van der Waals surface area contributed by atoms with Crippen LogP contribution < -0.4 is 9.62 Å². The predicted molar refractivity (Wildman–Crippen MR) is 95.4 cm³/mol. The molecule has 0 bridgehead atoms. The fourth-order valence-electron chi connectivity index (χ4n) is 2.51. The largest absolute Gasteiger partial charge is 0.311 e. The molecule has 2 rings (SSSR count). The van der Waals surface area contributed by atoms with Crippen molar-refractivity contribution < 1.29 is 17.6 Å². The third-order valence-electron chi connectivity index (χ3n) is 3.79. The average molecular weight is 364 g/mol. The van der Waals surface area contributed by atoms with Crippen LogP contribution in [-0.2, 0) is 21.2 Å². The molecular formula is C18H21FN2O3S. The quantitative estimate of drug-likeness (QED) is 0.821. The summed E-state index contributed by atoms with van der Waals surface area (Å²) >= 11 is 0. The lowest BCUT2D eigenvalue weighted by atomic mass is 10.1. The van der Waals surface area contributed by atoms with Crippen LogP contribution in [0, 0.1) is 5.82 Å². The van der Waals surface area contributed by atoms with Crippen LogP contribution in [0.4, 0.5) is 10.1 Å². The maximum absolute atomic E-state index is 12.9. The minimum Gasteiger partial charge on any atom is -0.311 e. The molecule has 0 heterocycles. The zero-order valence-corrected chi connectivity index (χ0v) is 15.0. The lowest BCUT2D eigenvalue weighted by Gasteiger charge is -2.24. The molecule has 0 spiro atoms. The molecule has 0 fully saturated rings. The minimum atomic E-state index is -3.75. The van der Waals surface area contributed by atoms with E-state index >= 15 is 0 Å². The Kier molecular flexibility index (Phi) is 6.27. The summed E-state index contributed by atoms with van der Waals surface area (Å²) in [6.45, 7) is 3.69. The zero-order chi connectivity index (χ0) is 18.4. The van der Waals surface area contributed by atoms with Crippen molar-refractivity contribution >= 4 is 21.6 Å². The fraction of sp³-hybridized carbons (Fsp3) is 0.278. The van der Waals surface area contributed by atoms with E-state index in [-0.39, 0.29) is 23.9 Å². The number of hydrogen-bond donors (Lipinski definition) is 1. The summed E-state index contributed by atoms with van der Waals surface area (Å²) in [6.07, 6.45) is 0.765. The Morgan fingerprint density at radius 2 is 1.76 bits per heavy atom. The Labute approximate surface area is 147 Å². The average Bonchev–Trinajstić information content (AvgIpc) is 2.59. The van der Waals surface area contributed by atoms with Crippen molar-refractivity contribution in [3.8, 4) is 0 Å². The number of nitrogens with zero attached hydrogens (tertiary/aromatic N) is 1. The second kappa shape index (κ2) is 8.22. The Hall–Kier alpha value is -2.25. The fourth-order valence-corrected chi connectivity index (χ4v) is 3.53. The molecule has 0 unspecified atom stereocenters. The molecular weight excluding hydrogens is 343 g/mol. The Morgan fingerprint density at radius 3 is 2.36 bits per heavy atom. The molecule has 1 amide bonds. The van der Waals surface area contributed by atoms with Gasteiger partial charge in [-0.05, 0) is 42.3 Å².